The number of hydrogen-bond acceptors (Lipinski definition) is 6. The number of amidine groups is 1. The number of aliphatic carboxylic acids is 1. The molecule has 4 N–H and O–H groups in total. The van der Waals surface area contributed by atoms with Gasteiger partial charge < -0.3 is 20.9 Å². The Kier molecular flexibility index (Phi) is 7.31. The van der Waals surface area contributed by atoms with Crippen LogP contribution >= 0.6 is 0 Å². The summed E-state index contributed by atoms with van der Waals surface area (Å²) in [6, 6.07) is 8.87. The Morgan fingerprint density at radius 1 is 1.25 bits per heavy atom. The van der Waals surface area contributed by atoms with E-state index in [1.807, 2.05) is 20.8 Å². The van der Waals surface area contributed by atoms with Gasteiger partial charge in [-0.15, -0.1) is 0 Å². The first-order valence-electron chi connectivity index (χ1n) is 9.04. The van der Waals surface area contributed by atoms with Crippen LogP contribution in [0.3, 0.4) is 0 Å². The Labute approximate surface area is 164 Å². The number of carboxylic acids is 1. The van der Waals surface area contributed by atoms with Gasteiger partial charge in [-0.1, -0.05) is 20.8 Å². The summed E-state index contributed by atoms with van der Waals surface area (Å²) in [4.78, 5) is 23.9. The van der Waals surface area contributed by atoms with Crippen LogP contribution in [-0.4, -0.2) is 46.6 Å². The first-order chi connectivity index (χ1) is 13.3. The van der Waals surface area contributed by atoms with E-state index >= 15 is 0 Å². The number of nitrogens with one attached hydrogen (secondary N) is 1. The molecular weight excluding hydrogens is 358 g/mol. The number of aromatic nitrogens is 2. The van der Waals surface area contributed by atoms with E-state index < -0.39 is 11.9 Å². The van der Waals surface area contributed by atoms with Gasteiger partial charge in [0.2, 0.25) is 5.95 Å². The van der Waals surface area contributed by atoms with Crippen molar-refractivity contribution in [3.05, 3.63) is 48.3 Å². The highest BCUT2D eigenvalue weighted by atomic mass is 16.5. The fraction of sp³-hybridized carbons (Fsp3) is 0.400. The Morgan fingerprint density at radius 2 is 1.89 bits per heavy atom. The molecule has 0 spiro atoms. The number of nitrogens with zero attached hydrogens (tertiary/aromatic N) is 3. The van der Waals surface area contributed by atoms with Crippen LogP contribution in [0.2, 0.25) is 0 Å². The number of ether oxygens (including phenoxy) is 1. The van der Waals surface area contributed by atoms with Crippen molar-refractivity contribution in [3.63, 3.8) is 0 Å². The molecule has 28 heavy (non-hydrogen) atoms. The molecule has 0 aliphatic heterocycles. The van der Waals surface area contributed by atoms with E-state index in [0.717, 1.165) is 5.56 Å². The van der Waals surface area contributed by atoms with Crippen molar-refractivity contribution in [2.45, 2.75) is 20.8 Å². The predicted molar refractivity (Wildman–Crippen MR) is 109 cm³/mol. The Balaban J connectivity index is 1.86. The lowest BCUT2D eigenvalue weighted by Crippen LogP contribution is -2.33. The van der Waals surface area contributed by atoms with Crippen LogP contribution in [0.15, 0.2) is 47.7 Å². The van der Waals surface area contributed by atoms with Crippen molar-refractivity contribution in [2.75, 3.05) is 25.0 Å². The van der Waals surface area contributed by atoms with Crippen LogP contribution in [0.5, 0.6) is 5.75 Å². The number of anilines is 1. The van der Waals surface area contributed by atoms with Crippen LogP contribution < -0.4 is 15.8 Å². The lowest BCUT2D eigenvalue weighted by atomic mass is 9.81. The SMILES string of the molecule is CC(C)(C)[C@@H](COc1ccc(C(N)=NCCNc2ncccn2)cc1)C(=O)O. The first kappa shape index (κ1) is 21.1. The summed E-state index contributed by atoms with van der Waals surface area (Å²) < 4.78 is 5.65. The summed E-state index contributed by atoms with van der Waals surface area (Å²) >= 11 is 0. The second-order valence-electron chi connectivity index (χ2n) is 7.36. The van der Waals surface area contributed by atoms with Gasteiger partial charge in [-0.05, 0) is 35.7 Å². The van der Waals surface area contributed by atoms with Crippen LogP contribution in [0.4, 0.5) is 5.95 Å². The largest absolute Gasteiger partial charge is 0.493 e. The van der Waals surface area contributed by atoms with Gasteiger partial charge in [0.25, 0.3) is 0 Å². The van der Waals surface area contributed by atoms with E-state index in [0.29, 0.717) is 30.6 Å². The van der Waals surface area contributed by atoms with Gasteiger partial charge in [-0.25, -0.2) is 9.97 Å². The average Bonchev–Trinajstić information content (AvgIpc) is 2.65. The lowest BCUT2D eigenvalue weighted by Gasteiger charge is -2.26. The zero-order chi connectivity index (χ0) is 20.6. The van der Waals surface area contributed by atoms with E-state index in [1.165, 1.54) is 0 Å². The molecule has 0 saturated carbocycles. The van der Waals surface area contributed by atoms with E-state index in [1.54, 1.807) is 42.7 Å². The summed E-state index contributed by atoms with van der Waals surface area (Å²) in [5, 5.41) is 12.4. The van der Waals surface area contributed by atoms with Gasteiger partial charge in [0.1, 0.15) is 18.2 Å². The maximum Gasteiger partial charge on any atom is 0.310 e. The molecule has 2 rings (SSSR count). The number of aliphatic imine (C=N–C) groups is 1. The number of benzene rings is 1. The van der Waals surface area contributed by atoms with E-state index in [2.05, 4.69) is 20.3 Å². The normalized spacial score (nSPS) is 13.0. The van der Waals surface area contributed by atoms with Gasteiger partial charge in [-0.3, -0.25) is 9.79 Å². The second-order valence-corrected chi connectivity index (χ2v) is 7.36. The molecule has 1 heterocycles. The monoisotopic (exact) mass is 385 g/mol. The van der Waals surface area contributed by atoms with Crippen LogP contribution in [0, 0.1) is 11.3 Å². The Morgan fingerprint density at radius 3 is 2.46 bits per heavy atom. The molecule has 0 bridgehead atoms. The lowest BCUT2D eigenvalue weighted by molar-refractivity contribution is -0.146. The standard InChI is InChI=1S/C20H27N5O3/c1-20(2,3)16(18(26)27)13-28-15-7-5-14(6-8-15)17(21)22-11-12-25-19-23-9-4-10-24-19/h4-10,16H,11-13H2,1-3H3,(H2,21,22)(H,26,27)(H,23,24,25)/t16-/m0/s1. The summed E-state index contributed by atoms with van der Waals surface area (Å²) in [5.41, 5.74) is 6.40. The van der Waals surface area contributed by atoms with Gasteiger partial charge in [-0.2, -0.15) is 0 Å². The molecule has 1 aromatic heterocycles. The first-order valence-corrected chi connectivity index (χ1v) is 9.04. The second kappa shape index (κ2) is 9.68. The van der Waals surface area contributed by atoms with E-state index in [4.69, 9.17) is 10.5 Å². The van der Waals surface area contributed by atoms with Crippen molar-refractivity contribution in [3.8, 4) is 5.75 Å². The zero-order valence-corrected chi connectivity index (χ0v) is 16.4. The molecule has 0 radical (unpaired) electrons. The highest BCUT2D eigenvalue weighted by Crippen LogP contribution is 2.27. The molecule has 150 valence electrons. The minimum atomic E-state index is -0.866. The van der Waals surface area contributed by atoms with E-state index in [9.17, 15) is 9.90 Å². The van der Waals surface area contributed by atoms with Crippen molar-refractivity contribution < 1.29 is 14.6 Å². The van der Waals surface area contributed by atoms with Gasteiger partial charge in [0, 0.05) is 24.5 Å². The third-order valence-corrected chi connectivity index (χ3v) is 4.15. The van der Waals surface area contributed by atoms with Crippen LogP contribution in [0.25, 0.3) is 0 Å². The number of carbonyl (C=O) groups is 1. The Bertz CT molecular complexity index is 786. The van der Waals surface area contributed by atoms with Crippen molar-refractivity contribution in [2.24, 2.45) is 22.1 Å². The maximum absolute atomic E-state index is 11.4. The molecule has 0 aliphatic rings. The maximum atomic E-state index is 11.4. The molecule has 0 saturated heterocycles. The molecule has 0 aliphatic carbocycles. The molecule has 1 aromatic carbocycles. The topological polar surface area (TPSA) is 123 Å². The zero-order valence-electron chi connectivity index (χ0n) is 16.4. The minimum Gasteiger partial charge on any atom is -0.493 e. The number of hydrogen-bond donors (Lipinski definition) is 3. The average molecular weight is 385 g/mol. The number of carboxylic acid groups (broad SMARTS) is 1. The summed E-state index contributed by atoms with van der Waals surface area (Å²) in [5.74, 6) is 0.0954. The highest BCUT2D eigenvalue weighted by molar-refractivity contribution is 5.97. The van der Waals surface area contributed by atoms with Crippen LogP contribution in [0.1, 0.15) is 26.3 Å². The third kappa shape index (κ3) is 6.53. The van der Waals surface area contributed by atoms with Gasteiger partial charge in [0.05, 0.1) is 12.5 Å². The summed E-state index contributed by atoms with van der Waals surface area (Å²) in [7, 11) is 0. The predicted octanol–water partition coefficient (Wildman–Crippen LogP) is 2.42. The smallest absolute Gasteiger partial charge is 0.310 e. The summed E-state index contributed by atoms with van der Waals surface area (Å²) in [6.07, 6.45) is 3.33. The Hall–Kier alpha value is -3.16. The quantitative estimate of drug-likeness (QED) is 0.344. The van der Waals surface area contributed by atoms with Gasteiger partial charge >= 0.3 is 5.97 Å². The van der Waals surface area contributed by atoms with Gasteiger partial charge in [0.15, 0.2) is 0 Å². The fourth-order valence-electron chi connectivity index (χ4n) is 2.42. The summed E-state index contributed by atoms with van der Waals surface area (Å²) in [6.45, 7) is 6.80. The number of nitrogens with two attached hydrogens (primary N) is 1. The minimum absolute atomic E-state index is 0.106. The number of rotatable bonds is 9. The molecule has 2 aromatic rings. The van der Waals surface area contributed by atoms with Crippen molar-refractivity contribution in [1.82, 2.24) is 9.97 Å². The molecule has 1 atom stereocenters. The van der Waals surface area contributed by atoms with Crippen molar-refractivity contribution in [1.29, 1.82) is 0 Å². The van der Waals surface area contributed by atoms with Crippen LogP contribution in [-0.2, 0) is 4.79 Å². The molecule has 0 amide bonds. The highest BCUT2D eigenvalue weighted by Gasteiger charge is 2.31. The molecule has 0 fully saturated rings. The van der Waals surface area contributed by atoms with E-state index in [-0.39, 0.29) is 12.0 Å². The molecule has 8 heteroatoms. The molecular formula is C20H27N5O3. The van der Waals surface area contributed by atoms with Crippen molar-refractivity contribution >= 4 is 17.8 Å². The molecule has 0 unspecified atom stereocenters. The third-order valence-electron chi connectivity index (χ3n) is 4.15. The fourth-order valence-corrected chi connectivity index (χ4v) is 2.42. The molecule has 8 nitrogen and oxygen atoms in total.